The van der Waals surface area contributed by atoms with Crippen LogP contribution < -0.4 is 10.4 Å². The number of nitrogens with one attached hydrogen (secondary N) is 2. The molecule has 6 nitrogen and oxygen atoms in total. The van der Waals surface area contributed by atoms with Gasteiger partial charge in [0, 0.05) is 17.8 Å². The number of aromatic hydroxyl groups is 1. The predicted octanol–water partition coefficient (Wildman–Crippen LogP) is 2.32. The standard InChI is InChI=1S/C15H13N3O3/c1-21-11-4-2-9(14(19)7-11)8-16-10-3-5-12-13(6-10)18-15(20)17-12/h2-8,19H,1H3,(H2,17,18,20). The van der Waals surface area contributed by atoms with E-state index in [0.717, 1.165) is 5.52 Å². The van der Waals surface area contributed by atoms with Gasteiger partial charge in [0.2, 0.25) is 0 Å². The predicted molar refractivity (Wildman–Crippen MR) is 80.8 cm³/mol. The molecule has 0 saturated heterocycles. The lowest BCUT2D eigenvalue weighted by Crippen LogP contribution is -1.99. The highest BCUT2D eigenvalue weighted by Gasteiger charge is 2.01. The fourth-order valence-electron chi connectivity index (χ4n) is 2.00. The van der Waals surface area contributed by atoms with Gasteiger partial charge in [-0.25, -0.2) is 4.79 Å². The Morgan fingerprint density at radius 1 is 1.14 bits per heavy atom. The largest absolute Gasteiger partial charge is 0.507 e. The van der Waals surface area contributed by atoms with Crippen molar-refractivity contribution in [3.8, 4) is 11.5 Å². The number of phenols is 1. The molecule has 6 heteroatoms. The molecule has 0 atom stereocenters. The minimum Gasteiger partial charge on any atom is -0.507 e. The molecule has 0 bridgehead atoms. The first-order valence-electron chi connectivity index (χ1n) is 6.29. The summed E-state index contributed by atoms with van der Waals surface area (Å²) in [5, 5.41) is 9.85. The first kappa shape index (κ1) is 13.0. The van der Waals surface area contributed by atoms with E-state index in [1.54, 1.807) is 36.5 Å². The molecule has 0 fully saturated rings. The van der Waals surface area contributed by atoms with E-state index in [1.807, 2.05) is 0 Å². The van der Waals surface area contributed by atoms with Crippen LogP contribution in [0.25, 0.3) is 11.0 Å². The molecule has 0 saturated carbocycles. The third-order valence-corrected chi connectivity index (χ3v) is 3.09. The number of ether oxygens (including phenoxy) is 1. The number of imidazole rings is 1. The molecule has 1 aromatic heterocycles. The van der Waals surface area contributed by atoms with Crippen molar-refractivity contribution >= 4 is 22.9 Å². The van der Waals surface area contributed by atoms with Crippen LogP contribution in [0.15, 0.2) is 46.2 Å². The van der Waals surface area contributed by atoms with Crippen molar-refractivity contribution in [1.29, 1.82) is 0 Å². The molecule has 3 aromatic rings. The summed E-state index contributed by atoms with van der Waals surface area (Å²) in [5.74, 6) is 0.671. The maximum atomic E-state index is 11.2. The van der Waals surface area contributed by atoms with Gasteiger partial charge in [0.05, 0.1) is 23.8 Å². The molecule has 3 rings (SSSR count). The van der Waals surface area contributed by atoms with Gasteiger partial charge in [-0.1, -0.05) is 0 Å². The number of hydrogen-bond donors (Lipinski definition) is 3. The summed E-state index contributed by atoms with van der Waals surface area (Å²) in [6.45, 7) is 0. The molecule has 2 aromatic carbocycles. The Morgan fingerprint density at radius 3 is 2.71 bits per heavy atom. The topological polar surface area (TPSA) is 90.5 Å². The van der Waals surface area contributed by atoms with Gasteiger partial charge in [0.25, 0.3) is 0 Å². The van der Waals surface area contributed by atoms with Crippen LogP contribution in [0.3, 0.4) is 0 Å². The number of aliphatic imine (C=N–C) groups is 1. The lowest BCUT2D eigenvalue weighted by molar-refractivity contribution is 0.407. The van der Waals surface area contributed by atoms with E-state index < -0.39 is 0 Å². The van der Waals surface area contributed by atoms with Crippen LogP contribution in [0.1, 0.15) is 5.56 Å². The second-order valence-electron chi connectivity index (χ2n) is 4.49. The maximum absolute atomic E-state index is 11.2. The molecule has 0 radical (unpaired) electrons. The zero-order valence-electron chi connectivity index (χ0n) is 11.3. The Kier molecular flexibility index (Phi) is 3.19. The van der Waals surface area contributed by atoms with Crippen molar-refractivity contribution in [3.05, 3.63) is 52.4 Å². The zero-order valence-corrected chi connectivity index (χ0v) is 11.3. The number of hydrogen-bond acceptors (Lipinski definition) is 4. The van der Waals surface area contributed by atoms with Crippen LogP contribution in [0.2, 0.25) is 0 Å². The summed E-state index contributed by atoms with van der Waals surface area (Å²) in [4.78, 5) is 20.8. The molecule has 0 amide bonds. The second kappa shape index (κ2) is 5.16. The highest BCUT2D eigenvalue weighted by atomic mass is 16.5. The Morgan fingerprint density at radius 2 is 1.95 bits per heavy atom. The first-order chi connectivity index (χ1) is 10.2. The van der Waals surface area contributed by atoms with Crippen molar-refractivity contribution in [3.63, 3.8) is 0 Å². The van der Waals surface area contributed by atoms with Crippen LogP contribution in [0.5, 0.6) is 11.5 Å². The molecule has 3 N–H and O–H groups in total. The molecule has 0 spiro atoms. The van der Waals surface area contributed by atoms with E-state index in [9.17, 15) is 9.90 Å². The molecular formula is C15H13N3O3. The van der Waals surface area contributed by atoms with Gasteiger partial charge in [-0.3, -0.25) is 4.99 Å². The van der Waals surface area contributed by atoms with Crippen molar-refractivity contribution in [2.24, 2.45) is 4.99 Å². The van der Waals surface area contributed by atoms with Gasteiger partial charge < -0.3 is 19.8 Å². The van der Waals surface area contributed by atoms with Crippen LogP contribution in [0.4, 0.5) is 5.69 Å². The monoisotopic (exact) mass is 283 g/mol. The average molecular weight is 283 g/mol. The Labute approximate surface area is 119 Å². The number of H-pyrrole nitrogens is 2. The van der Waals surface area contributed by atoms with E-state index in [1.165, 1.54) is 13.2 Å². The molecule has 106 valence electrons. The molecule has 0 aliphatic carbocycles. The van der Waals surface area contributed by atoms with Crippen LogP contribution >= 0.6 is 0 Å². The quantitative estimate of drug-likeness (QED) is 0.644. The normalized spacial score (nSPS) is 11.3. The van der Waals surface area contributed by atoms with E-state index in [0.29, 0.717) is 22.5 Å². The van der Waals surface area contributed by atoms with Gasteiger partial charge in [-0.05, 0) is 30.3 Å². The van der Waals surface area contributed by atoms with E-state index in [4.69, 9.17) is 4.74 Å². The van der Waals surface area contributed by atoms with E-state index in [2.05, 4.69) is 15.0 Å². The van der Waals surface area contributed by atoms with Crippen LogP contribution in [0, 0.1) is 0 Å². The highest BCUT2D eigenvalue weighted by Crippen LogP contribution is 2.23. The van der Waals surface area contributed by atoms with E-state index >= 15 is 0 Å². The van der Waals surface area contributed by atoms with Crippen LogP contribution in [-0.2, 0) is 0 Å². The summed E-state index contributed by atoms with van der Waals surface area (Å²) in [6, 6.07) is 10.3. The van der Waals surface area contributed by atoms with Crippen LogP contribution in [-0.4, -0.2) is 28.4 Å². The summed E-state index contributed by atoms with van der Waals surface area (Å²) < 4.78 is 5.02. The molecule has 0 aliphatic rings. The Balaban J connectivity index is 1.91. The highest BCUT2D eigenvalue weighted by molar-refractivity contribution is 5.87. The number of aromatic amines is 2. The minimum absolute atomic E-state index is 0.0919. The lowest BCUT2D eigenvalue weighted by Gasteiger charge is -2.02. The summed E-state index contributed by atoms with van der Waals surface area (Å²) in [5.41, 5.74) is 2.42. The molecule has 1 heterocycles. The molecule has 0 aliphatic heterocycles. The Bertz CT molecular complexity index is 877. The molecule has 21 heavy (non-hydrogen) atoms. The smallest absolute Gasteiger partial charge is 0.323 e. The third kappa shape index (κ3) is 2.64. The summed E-state index contributed by atoms with van der Waals surface area (Å²) in [6.07, 6.45) is 1.56. The lowest BCUT2D eigenvalue weighted by atomic mass is 10.2. The SMILES string of the molecule is COc1ccc(C=Nc2ccc3[nH]c(=O)[nH]c3c2)c(O)c1. The van der Waals surface area contributed by atoms with Crippen molar-refractivity contribution in [2.45, 2.75) is 0 Å². The number of benzene rings is 2. The van der Waals surface area contributed by atoms with Gasteiger partial charge in [-0.15, -0.1) is 0 Å². The number of rotatable bonds is 3. The van der Waals surface area contributed by atoms with Crippen molar-refractivity contribution in [1.82, 2.24) is 9.97 Å². The second-order valence-corrected chi connectivity index (χ2v) is 4.49. The van der Waals surface area contributed by atoms with Gasteiger partial charge in [-0.2, -0.15) is 0 Å². The van der Waals surface area contributed by atoms with Gasteiger partial charge in [0.15, 0.2) is 0 Å². The maximum Gasteiger partial charge on any atom is 0.323 e. The third-order valence-electron chi connectivity index (χ3n) is 3.09. The number of methoxy groups -OCH3 is 1. The number of phenolic OH excluding ortho intramolecular Hbond substituents is 1. The Hall–Kier alpha value is -3.02. The fraction of sp³-hybridized carbons (Fsp3) is 0.0667. The number of nitrogens with zero attached hydrogens (tertiary/aromatic N) is 1. The fourth-order valence-corrected chi connectivity index (χ4v) is 2.00. The van der Waals surface area contributed by atoms with Gasteiger partial charge in [0.1, 0.15) is 11.5 Å². The minimum atomic E-state index is -0.251. The van der Waals surface area contributed by atoms with Gasteiger partial charge >= 0.3 is 5.69 Å². The summed E-state index contributed by atoms with van der Waals surface area (Å²) in [7, 11) is 1.54. The number of aromatic nitrogens is 2. The first-order valence-corrected chi connectivity index (χ1v) is 6.29. The molecule has 0 unspecified atom stereocenters. The summed E-state index contributed by atoms with van der Waals surface area (Å²) >= 11 is 0. The molecular weight excluding hydrogens is 270 g/mol. The van der Waals surface area contributed by atoms with E-state index in [-0.39, 0.29) is 11.4 Å². The zero-order chi connectivity index (χ0) is 14.8. The van der Waals surface area contributed by atoms with Crippen molar-refractivity contribution < 1.29 is 9.84 Å². The van der Waals surface area contributed by atoms with Crippen molar-refractivity contribution in [2.75, 3.05) is 7.11 Å². The average Bonchev–Trinajstić information content (AvgIpc) is 2.85. The number of fused-ring (bicyclic) bond motifs is 1.